The van der Waals surface area contributed by atoms with Crippen molar-refractivity contribution in [2.75, 3.05) is 5.32 Å². The second-order valence-corrected chi connectivity index (χ2v) is 19.3. The van der Waals surface area contributed by atoms with Gasteiger partial charge in [-0.05, 0) is 140 Å². The van der Waals surface area contributed by atoms with E-state index in [1.165, 1.54) is 4.90 Å². The quantitative estimate of drug-likeness (QED) is 0.0398. The summed E-state index contributed by atoms with van der Waals surface area (Å²) >= 11 is 1.76. The van der Waals surface area contributed by atoms with E-state index in [1.54, 1.807) is 48.3 Å². The zero-order valence-corrected chi connectivity index (χ0v) is 38.7. The molecule has 0 amide bonds. The number of rotatable bonds is 20. The number of nitrogens with one attached hydrogen (secondary N) is 1. The van der Waals surface area contributed by atoms with Gasteiger partial charge in [-0.2, -0.15) is 0 Å². The van der Waals surface area contributed by atoms with Crippen LogP contribution in [0, 0.1) is 0 Å². The van der Waals surface area contributed by atoms with Crippen molar-refractivity contribution in [3.8, 4) is 28.4 Å². The van der Waals surface area contributed by atoms with Crippen LogP contribution in [-0.4, -0.2) is 57.9 Å². The third kappa shape index (κ3) is 13.7. The van der Waals surface area contributed by atoms with Gasteiger partial charge in [0.1, 0.15) is 39.7 Å². The van der Waals surface area contributed by atoms with Gasteiger partial charge >= 0.3 is 17.9 Å². The van der Waals surface area contributed by atoms with Gasteiger partial charge in [0.25, 0.3) is 0 Å². The van der Waals surface area contributed by atoms with Gasteiger partial charge < -0.3 is 29.0 Å². The molecule has 1 aliphatic rings. The molecule has 2 atom stereocenters. The Morgan fingerprint density at radius 3 is 1.92 bits per heavy atom. The van der Waals surface area contributed by atoms with Gasteiger partial charge in [0, 0.05) is 47.7 Å². The lowest BCUT2D eigenvalue weighted by atomic mass is 9.92. The number of benzene rings is 4. The number of hydrogen-bond acceptors (Lipinski definition) is 11. The maximum atomic E-state index is 13.7. The molecule has 0 spiro atoms. The Balaban J connectivity index is 1.35. The van der Waals surface area contributed by atoms with Crippen LogP contribution < -0.4 is 19.5 Å². The number of aliphatic imine (C=N–C) groups is 1. The average Bonchev–Trinajstić information content (AvgIpc) is 3.62. The molecule has 11 heteroatoms. The van der Waals surface area contributed by atoms with E-state index in [0.29, 0.717) is 47.6 Å². The molecule has 0 bridgehead atoms. The fourth-order valence-corrected chi connectivity index (χ4v) is 9.21. The van der Waals surface area contributed by atoms with Crippen molar-refractivity contribution in [2.45, 2.75) is 140 Å². The van der Waals surface area contributed by atoms with Crippen LogP contribution >= 0.6 is 11.8 Å². The minimum Gasteiger partial charge on any atom is -0.488 e. The van der Waals surface area contributed by atoms with Gasteiger partial charge in [-0.15, -0.1) is 0 Å². The molecular formula is C51H62N2O8S. The van der Waals surface area contributed by atoms with Gasteiger partial charge in [0.05, 0.1) is 17.0 Å². The second kappa shape index (κ2) is 20.1. The Morgan fingerprint density at radius 2 is 1.34 bits per heavy atom. The summed E-state index contributed by atoms with van der Waals surface area (Å²) in [6.07, 6.45) is 5.78. The lowest BCUT2D eigenvalue weighted by Gasteiger charge is -2.35. The molecule has 0 aromatic heterocycles. The first-order valence-corrected chi connectivity index (χ1v) is 22.1. The third-order valence-electron chi connectivity index (χ3n) is 9.98. The van der Waals surface area contributed by atoms with Crippen molar-refractivity contribution < 1.29 is 38.1 Å². The molecule has 5 rings (SSSR count). The summed E-state index contributed by atoms with van der Waals surface area (Å²) in [4.78, 5) is 44.0. The Hall–Kier alpha value is -5.55. The topological polar surface area (TPSA) is 122 Å². The molecule has 0 fully saturated rings. The van der Waals surface area contributed by atoms with Crippen LogP contribution in [0.3, 0.4) is 0 Å². The Bertz CT molecular complexity index is 2200. The standard InChI is InChI=1S/C51H62N2O8S/c1-12-17-45(55)61-51(10,11)33-49(6,7)58-38-25-20-34(21-26-38)36-24-29-42(37(30-36)31-52-40(13-2)46-53-41-18-15-16-19-43(41)62-46)57-47(56)35-22-27-39(28-23-35)59-48(4,5)32-50(8,9)60-44(54)14-3/h14-16,18-31,40,46,53H,3,12-13,17,32-33H2,1-2,4-11H3. The first kappa shape index (κ1) is 47.5. The molecule has 4 aromatic carbocycles. The number of esters is 3. The van der Waals surface area contributed by atoms with E-state index in [0.717, 1.165) is 35.7 Å². The van der Waals surface area contributed by atoms with Gasteiger partial charge in [0.15, 0.2) is 0 Å². The van der Waals surface area contributed by atoms with Crippen LogP contribution in [-0.2, 0) is 19.1 Å². The molecule has 1 heterocycles. The molecule has 330 valence electrons. The number of para-hydroxylation sites is 1. The number of thioether (sulfide) groups is 1. The molecule has 0 aliphatic carbocycles. The zero-order valence-electron chi connectivity index (χ0n) is 37.8. The van der Waals surface area contributed by atoms with Crippen molar-refractivity contribution in [3.63, 3.8) is 0 Å². The van der Waals surface area contributed by atoms with Crippen molar-refractivity contribution >= 4 is 41.6 Å². The van der Waals surface area contributed by atoms with Gasteiger partial charge in [-0.25, -0.2) is 9.59 Å². The Labute approximate surface area is 371 Å². The van der Waals surface area contributed by atoms with Crippen LogP contribution in [0.25, 0.3) is 11.1 Å². The van der Waals surface area contributed by atoms with E-state index in [1.807, 2.05) is 111 Å². The fourth-order valence-electron chi connectivity index (χ4n) is 7.92. The van der Waals surface area contributed by atoms with Crippen LogP contribution in [0.5, 0.6) is 17.2 Å². The van der Waals surface area contributed by atoms with Crippen molar-refractivity contribution in [2.24, 2.45) is 4.99 Å². The summed E-state index contributed by atoms with van der Waals surface area (Å²) in [6.45, 7) is 22.8. The van der Waals surface area contributed by atoms with Gasteiger partial charge in [-0.1, -0.05) is 62.5 Å². The minimum absolute atomic E-state index is 0.0486. The van der Waals surface area contributed by atoms with E-state index < -0.39 is 34.3 Å². The van der Waals surface area contributed by atoms with E-state index in [-0.39, 0.29) is 17.4 Å². The second-order valence-electron chi connectivity index (χ2n) is 18.1. The summed E-state index contributed by atoms with van der Waals surface area (Å²) in [5.41, 5.74) is 1.16. The molecule has 62 heavy (non-hydrogen) atoms. The van der Waals surface area contributed by atoms with Crippen LogP contribution in [0.15, 0.2) is 114 Å². The summed E-state index contributed by atoms with van der Waals surface area (Å²) in [5.74, 6) is 0.377. The first-order chi connectivity index (χ1) is 29.2. The maximum Gasteiger partial charge on any atom is 0.343 e. The molecule has 0 radical (unpaired) electrons. The van der Waals surface area contributed by atoms with E-state index >= 15 is 0 Å². The maximum absolute atomic E-state index is 13.7. The predicted molar refractivity (Wildman–Crippen MR) is 249 cm³/mol. The summed E-state index contributed by atoms with van der Waals surface area (Å²) in [7, 11) is 0. The van der Waals surface area contributed by atoms with Gasteiger partial charge in [-0.3, -0.25) is 9.79 Å². The summed E-state index contributed by atoms with van der Waals surface area (Å²) < 4.78 is 30.0. The number of ether oxygens (including phenoxy) is 5. The number of nitrogens with zero attached hydrogens (tertiary/aromatic N) is 1. The normalized spacial score (nSPS) is 14.6. The number of anilines is 1. The highest BCUT2D eigenvalue weighted by atomic mass is 32.2. The molecule has 10 nitrogen and oxygen atoms in total. The predicted octanol–water partition coefficient (Wildman–Crippen LogP) is 12.0. The monoisotopic (exact) mass is 862 g/mol. The number of hydrogen-bond donors (Lipinski definition) is 1. The van der Waals surface area contributed by atoms with Crippen LogP contribution in [0.2, 0.25) is 0 Å². The first-order valence-electron chi connectivity index (χ1n) is 21.3. The Kier molecular flexibility index (Phi) is 15.4. The SMILES string of the molecule is C=CC(=O)OC(C)(C)CC(C)(C)Oc1ccc(C(=O)Oc2ccc(-c3ccc(OC(C)(C)CC(C)(C)OC(=O)CCC)cc3)cc2C=NC(CC)C2Nc3ccccc3S2)cc1. The largest absolute Gasteiger partial charge is 0.488 e. The lowest BCUT2D eigenvalue weighted by molar-refractivity contribution is -0.160. The molecule has 1 aliphatic heterocycles. The fraction of sp³-hybridized carbons (Fsp3) is 0.412. The summed E-state index contributed by atoms with van der Waals surface area (Å²) in [5, 5.41) is 3.66. The highest BCUT2D eigenvalue weighted by Crippen LogP contribution is 2.41. The molecule has 4 aromatic rings. The lowest BCUT2D eigenvalue weighted by Crippen LogP contribution is -2.40. The summed E-state index contributed by atoms with van der Waals surface area (Å²) in [6, 6.07) is 28.5. The number of fused-ring (bicyclic) bond motifs is 1. The molecular weight excluding hydrogens is 801 g/mol. The van der Waals surface area contributed by atoms with E-state index in [4.69, 9.17) is 28.7 Å². The van der Waals surface area contributed by atoms with Gasteiger partial charge in [0.2, 0.25) is 0 Å². The van der Waals surface area contributed by atoms with Crippen molar-refractivity contribution in [1.29, 1.82) is 0 Å². The number of carbonyl (C=O) groups excluding carboxylic acids is 3. The molecule has 0 saturated heterocycles. The molecule has 1 N–H and O–H groups in total. The van der Waals surface area contributed by atoms with Crippen molar-refractivity contribution in [3.05, 3.63) is 115 Å². The highest BCUT2D eigenvalue weighted by Gasteiger charge is 2.35. The third-order valence-corrected chi connectivity index (χ3v) is 11.3. The zero-order chi connectivity index (χ0) is 45.3. The van der Waals surface area contributed by atoms with E-state index in [2.05, 4.69) is 31.0 Å². The van der Waals surface area contributed by atoms with Crippen LogP contribution in [0.1, 0.15) is 117 Å². The molecule has 2 unspecified atom stereocenters. The van der Waals surface area contributed by atoms with E-state index in [9.17, 15) is 14.4 Å². The highest BCUT2D eigenvalue weighted by molar-refractivity contribution is 8.00. The number of carbonyl (C=O) groups is 3. The molecule has 0 saturated carbocycles. The minimum atomic E-state index is -0.788. The van der Waals surface area contributed by atoms with Crippen molar-refractivity contribution in [1.82, 2.24) is 0 Å². The smallest absolute Gasteiger partial charge is 0.343 e. The Morgan fingerprint density at radius 1 is 0.758 bits per heavy atom. The van der Waals surface area contributed by atoms with Crippen LogP contribution in [0.4, 0.5) is 5.69 Å². The average molecular weight is 863 g/mol.